The molecule has 0 bridgehead atoms. The number of carbonyl (C=O) groups excluding carboxylic acids is 2. The Labute approximate surface area is 156 Å². The summed E-state index contributed by atoms with van der Waals surface area (Å²) in [5.41, 5.74) is 2.21. The first-order valence-electron chi connectivity index (χ1n) is 7.81. The third-order valence-electron chi connectivity index (χ3n) is 4.02. The molecule has 1 aromatic carbocycles. The highest BCUT2D eigenvalue weighted by molar-refractivity contribution is 6.42. The van der Waals surface area contributed by atoms with Gasteiger partial charge in [0, 0.05) is 37.4 Å². The van der Waals surface area contributed by atoms with Gasteiger partial charge in [-0.3, -0.25) is 4.68 Å². The molecule has 8 heteroatoms. The van der Waals surface area contributed by atoms with Gasteiger partial charge in [-0.15, -0.1) is 0 Å². The molecule has 1 N–H and O–H groups in total. The Kier molecular flexibility index (Phi) is 7.62. The molecule has 0 saturated carbocycles. The van der Waals surface area contributed by atoms with Crippen molar-refractivity contribution in [3.05, 3.63) is 51.8 Å². The predicted octanol–water partition coefficient (Wildman–Crippen LogP) is 2.89. The summed E-state index contributed by atoms with van der Waals surface area (Å²) in [7, 11) is 0. The summed E-state index contributed by atoms with van der Waals surface area (Å²) in [5, 5.41) is 8.95. The number of hydrogen-bond donors (Lipinski definition) is 1. The van der Waals surface area contributed by atoms with Gasteiger partial charge in [-0.1, -0.05) is 29.3 Å². The summed E-state index contributed by atoms with van der Waals surface area (Å²) in [6, 6.07) is 7.74. The number of hydrogen-bond acceptors (Lipinski definition) is 5. The Morgan fingerprint density at radius 2 is 2.08 bits per heavy atom. The summed E-state index contributed by atoms with van der Waals surface area (Å²) >= 11 is 12.2. The Morgan fingerprint density at radius 1 is 1.32 bits per heavy atom. The van der Waals surface area contributed by atoms with Gasteiger partial charge in [-0.2, -0.15) is 14.7 Å². The molecular weight excluding hydrogens is 365 g/mol. The fourth-order valence-corrected chi connectivity index (χ4v) is 3.13. The highest BCUT2D eigenvalue weighted by Crippen LogP contribution is 2.32. The lowest BCUT2D eigenvalue weighted by Crippen LogP contribution is -2.29. The molecule has 0 radical (unpaired) electrons. The summed E-state index contributed by atoms with van der Waals surface area (Å²) in [6.07, 6.45) is 2.06. The van der Waals surface area contributed by atoms with E-state index in [1.807, 2.05) is 35.1 Å². The highest BCUT2D eigenvalue weighted by Gasteiger charge is 2.27. The van der Waals surface area contributed by atoms with Crippen LogP contribution in [0.2, 0.25) is 10.0 Å². The average molecular weight is 384 g/mol. The topological polar surface area (TPSA) is 73.2 Å². The Balaban J connectivity index is 0.000000701. The molecule has 0 amide bonds. The summed E-state index contributed by atoms with van der Waals surface area (Å²) < 4.78 is 8.10. The third-order valence-corrected chi connectivity index (χ3v) is 4.76. The number of nitrogens with one attached hydrogen (secondary N) is 1. The molecule has 0 aliphatic carbocycles. The number of ether oxygens (including phenoxy) is 1. The van der Waals surface area contributed by atoms with Crippen molar-refractivity contribution in [2.24, 2.45) is 5.92 Å². The van der Waals surface area contributed by atoms with Crippen LogP contribution in [0.5, 0.6) is 0 Å². The third kappa shape index (κ3) is 5.39. The van der Waals surface area contributed by atoms with Gasteiger partial charge in [-0.25, -0.2) is 0 Å². The lowest BCUT2D eigenvalue weighted by molar-refractivity contribution is -0.191. The van der Waals surface area contributed by atoms with E-state index in [9.17, 15) is 0 Å². The van der Waals surface area contributed by atoms with Crippen LogP contribution in [0, 0.1) is 12.8 Å². The summed E-state index contributed by atoms with van der Waals surface area (Å²) in [5.74, 6) is 0.276. The lowest BCUT2D eigenvalue weighted by atomic mass is 9.95. The minimum Gasteiger partial charge on any atom is -0.372 e. The summed E-state index contributed by atoms with van der Waals surface area (Å²) in [4.78, 5) is 16.2. The van der Waals surface area contributed by atoms with Crippen LogP contribution >= 0.6 is 23.2 Å². The van der Waals surface area contributed by atoms with Gasteiger partial charge in [0.05, 0.1) is 22.8 Å². The zero-order chi connectivity index (χ0) is 18.2. The fourth-order valence-electron chi connectivity index (χ4n) is 2.82. The molecule has 0 spiro atoms. The average Bonchev–Trinajstić information content (AvgIpc) is 2.84. The molecule has 134 valence electrons. The van der Waals surface area contributed by atoms with Crippen molar-refractivity contribution in [1.29, 1.82) is 0 Å². The first-order chi connectivity index (χ1) is 12.1. The first kappa shape index (κ1) is 19.6. The minimum atomic E-state index is -0.0200. The van der Waals surface area contributed by atoms with Crippen LogP contribution < -0.4 is 5.32 Å². The van der Waals surface area contributed by atoms with Crippen molar-refractivity contribution in [3.8, 4) is 0 Å². The van der Waals surface area contributed by atoms with E-state index in [0.29, 0.717) is 16.7 Å². The maximum Gasteiger partial charge on any atom is 0.373 e. The molecule has 25 heavy (non-hydrogen) atoms. The van der Waals surface area contributed by atoms with Gasteiger partial charge in [-0.05, 0) is 30.7 Å². The van der Waals surface area contributed by atoms with Crippen LogP contribution in [0.3, 0.4) is 0 Å². The van der Waals surface area contributed by atoms with E-state index in [4.69, 9.17) is 37.5 Å². The van der Waals surface area contributed by atoms with Crippen molar-refractivity contribution in [2.45, 2.75) is 19.6 Å². The number of benzene rings is 1. The van der Waals surface area contributed by atoms with Crippen molar-refractivity contribution < 1.29 is 14.3 Å². The second-order valence-corrected chi connectivity index (χ2v) is 6.48. The molecular formula is C17H19Cl2N3O3. The van der Waals surface area contributed by atoms with E-state index in [1.165, 1.54) is 0 Å². The molecule has 1 aliphatic heterocycles. The predicted molar refractivity (Wildman–Crippen MR) is 93.5 cm³/mol. The number of halogens is 2. The summed E-state index contributed by atoms with van der Waals surface area (Å²) in [6.45, 7) is 5.28. The van der Waals surface area contributed by atoms with E-state index in [1.54, 1.807) is 0 Å². The van der Waals surface area contributed by atoms with Gasteiger partial charge in [0.1, 0.15) is 0 Å². The maximum absolute atomic E-state index is 8.12. The van der Waals surface area contributed by atoms with Crippen LogP contribution in [-0.4, -0.2) is 35.6 Å². The van der Waals surface area contributed by atoms with E-state index >= 15 is 0 Å². The van der Waals surface area contributed by atoms with Crippen LogP contribution in [0.15, 0.2) is 30.5 Å². The molecule has 1 fully saturated rings. The van der Waals surface area contributed by atoms with Crippen molar-refractivity contribution in [2.75, 3.05) is 19.7 Å². The van der Waals surface area contributed by atoms with Gasteiger partial charge in [0.2, 0.25) is 0 Å². The largest absolute Gasteiger partial charge is 0.373 e. The normalized spacial score (nSPS) is 20.1. The molecule has 3 rings (SSSR count). The Bertz CT molecular complexity index is 730. The van der Waals surface area contributed by atoms with E-state index in [0.717, 1.165) is 30.9 Å². The van der Waals surface area contributed by atoms with Crippen LogP contribution in [0.4, 0.5) is 0 Å². The molecule has 2 aromatic rings. The molecule has 1 aromatic heterocycles. The maximum atomic E-state index is 8.12. The second kappa shape index (κ2) is 9.70. The van der Waals surface area contributed by atoms with E-state index in [2.05, 4.69) is 17.3 Å². The highest BCUT2D eigenvalue weighted by atomic mass is 35.5. The van der Waals surface area contributed by atoms with Crippen molar-refractivity contribution in [3.63, 3.8) is 0 Å². The van der Waals surface area contributed by atoms with E-state index in [-0.39, 0.29) is 18.2 Å². The molecule has 6 nitrogen and oxygen atoms in total. The number of nitrogens with zero attached hydrogens (tertiary/aromatic N) is 2. The second-order valence-electron chi connectivity index (χ2n) is 5.67. The van der Waals surface area contributed by atoms with Crippen molar-refractivity contribution >= 4 is 29.4 Å². The standard InChI is InChI=1S/C16H19Cl2N3O.CO2/c1-11-4-5-20-21(11)10-13-9-19-6-7-22-16(13)12-2-3-14(17)15(18)8-12;2-1-3/h2-5,8,13,16,19H,6-7,9-10H2,1H3;/t13-,16-;/m0./s1. The minimum absolute atomic E-state index is 0.0200. The fraction of sp³-hybridized carbons (Fsp3) is 0.412. The molecule has 1 aliphatic rings. The first-order valence-corrected chi connectivity index (χ1v) is 8.57. The molecule has 2 atom stereocenters. The molecule has 0 unspecified atom stereocenters. The zero-order valence-electron chi connectivity index (χ0n) is 13.7. The monoisotopic (exact) mass is 383 g/mol. The molecule has 1 saturated heterocycles. The Morgan fingerprint density at radius 3 is 2.72 bits per heavy atom. The van der Waals surface area contributed by atoms with Crippen LogP contribution in [0.1, 0.15) is 17.4 Å². The molecule has 2 heterocycles. The SMILES string of the molecule is Cc1ccnn1C[C@@H]1CNCCO[C@H]1c1ccc(Cl)c(Cl)c1.O=C=O. The number of aryl methyl sites for hydroxylation is 1. The van der Waals surface area contributed by atoms with Gasteiger partial charge >= 0.3 is 6.15 Å². The van der Waals surface area contributed by atoms with Crippen molar-refractivity contribution in [1.82, 2.24) is 15.1 Å². The lowest BCUT2D eigenvalue weighted by Gasteiger charge is -2.26. The smallest absolute Gasteiger partial charge is 0.372 e. The zero-order valence-corrected chi connectivity index (χ0v) is 15.3. The van der Waals surface area contributed by atoms with E-state index < -0.39 is 0 Å². The van der Waals surface area contributed by atoms with Crippen LogP contribution in [0.25, 0.3) is 0 Å². The number of aromatic nitrogens is 2. The van der Waals surface area contributed by atoms with Gasteiger partial charge in [0.25, 0.3) is 0 Å². The van der Waals surface area contributed by atoms with Gasteiger partial charge in [0.15, 0.2) is 0 Å². The Hall–Kier alpha value is -1.69. The number of rotatable bonds is 3. The quantitative estimate of drug-likeness (QED) is 0.881. The van der Waals surface area contributed by atoms with Crippen LogP contribution in [-0.2, 0) is 20.9 Å². The van der Waals surface area contributed by atoms with Gasteiger partial charge < -0.3 is 10.1 Å².